The van der Waals surface area contributed by atoms with Crippen LogP contribution in [0.3, 0.4) is 0 Å². The van der Waals surface area contributed by atoms with Crippen molar-refractivity contribution < 1.29 is 28.2 Å². The van der Waals surface area contributed by atoms with Crippen LogP contribution in [0.15, 0.2) is 41.5 Å². The number of amides is 2. The van der Waals surface area contributed by atoms with Crippen molar-refractivity contribution in [3.05, 3.63) is 97.4 Å². The maximum atomic E-state index is 15.9. The van der Waals surface area contributed by atoms with E-state index in [-0.39, 0.29) is 72.0 Å². The Morgan fingerprint density at radius 2 is 1.82 bits per heavy atom. The molecule has 1 spiro atoms. The van der Waals surface area contributed by atoms with Gasteiger partial charge in [0, 0.05) is 55.0 Å². The Morgan fingerprint density at radius 1 is 1.07 bits per heavy atom. The summed E-state index contributed by atoms with van der Waals surface area (Å²) in [5, 5.41) is 18.2. The van der Waals surface area contributed by atoms with Crippen LogP contribution in [0.5, 0.6) is 5.75 Å². The number of carbonyl (C=O) groups is 2. The van der Waals surface area contributed by atoms with Crippen molar-refractivity contribution in [3.8, 4) is 17.1 Å². The van der Waals surface area contributed by atoms with Gasteiger partial charge in [-0.05, 0) is 62.3 Å². The van der Waals surface area contributed by atoms with Gasteiger partial charge in [-0.1, -0.05) is 37.6 Å². The summed E-state index contributed by atoms with van der Waals surface area (Å²) in [6.07, 6.45) is 3.35. The molecule has 3 aliphatic rings. The van der Waals surface area contributed by atoms with Crippen LogP contribution in [0.1, 0.15) is 77.6 Å². The highest BCUT2D eigenvalue weighted by atomic mass is 35.5. The predicted octanol–water partition coefficient (Wildman–Crippen LogP) is 5.01. The van der Waals surface area contributed by atoms with Gasteiger partial charge < -0.3 is 24.6 Å². The summed E-state index contributed by atoms with van der Waals surface area (Å²) in [5.74, 6) is -3.78. The Bertz CT molecular complexity index is 2480. The monoisotopic (exact) mass is 801 g/mol. The molecule has 0 radical (unpaired) electrons. The van der Waals surface area contributed by atoms with E-state index in [4.69, 9.17) is 16.3 Å². The van der Waals surface area contributed by atoms with Gasteiger partial charge in [0.15, 0.2) is 28.9 Å². The van der Waals surface area contributed by atoms with Crippen LogP contribution in [-0.4, -0.2) is 95.2 Å². The summed E-state index contributed by atoms with van der Waals surface area (Å²) in [6, 6.07) is 8.30. The fourth-order valence-electron chi connectivity index (χ4n) is 8.60. The molecule has 14 nitrogen and oxygen atoms in total. The number of halogens is 3. The largest absolute Gasteiger partial charge is 0.504 e. The molecule has 2 saturated heterocycles. The van der Waals surface area contributed by atoms with Gasteiger partial charge in [0.25, 0.3) is 11.5 Å². The molecule has 2 aliphatic heterocycles. The SMILES string of the molecule is CCc1ccc(NC(=O)Cn2c3c(c(=O)n4nc(-c5ccc(CN6CCOCC6)c(F)c5F)nc24)C2(CCN(C(=O)c4ncnc(C)c4O)CC2)CC3C)c(Cl)c1. The maximum absolute atomic E-state index is 15.9. The van der Waals surface area contributed by atoms with Crippen molar-refractivity contribution in [2.45, 2.75) is 70.9 Å². The molecule has 2 amide bonds. The number of aromatic hydroxyl groups is 1. The van der Waals surface area contributed by atoms with Crippen molar-refractivity contribution in [3.63, 3.8) is 0 Å². The Balaban J connectivity index is 1.18. The number of rotatable bonds is 8. The molecule has 0 saturated carbocycles. The minimum absolute atomic E-state index is 0.000325. The third-order valence-corrected chi connectivity index (χ3v) is 11.9. The van der Waals surface area contributed by atoms with Crippen LogP contribution < -0.4 is 10.9 Å². The fourth-order valence-corrected chi connectivity index (χ4v) is 8.85. The van der Waals surface area contributed by atoms with Crippen LogP contribution in [-0.2, 0) is 34.5 Å². The summed E-state index contributed by atoms with van der Waals surface area (Å²) in [4.78, 5) is 58.2. The first-order chi connectivity index (χ1) is 27.4. The molecular weight excluding hydrogens is 760 g/mol. The van der Waals surface area contributed by atoms with E-state index < -0.39 is 34.4 Å². The summed E-state index contributed by atoms with van der Waals surface area (Å²) >= 11 is 6.53. The number of ether oxygens (including phenoxy) is 1. The normalized spacial score (nSPS) is 18.0. The van der Waals surface area contributed by atoms with Crippen molar-refractivity contribution in [1.82, 2.24) is 38.9 Å². The molecule has 3 aromatic heterocycles. The zero-order chi connectivity index (χ0) is 40.2. The molecule has 1 unspecified atom stereocenters. The smallest absolute Gasteiger partial charge is 0.279 e. The molecule has 5 aromatic rings. The van der Waals surface area contributed by atoms with E-state index >= 15 is 8.78 Å². The van der Waals surface area contributed by atoms with Crippen LogP contribution in [0, 0.1) is 18.6 Å². The van der Waals surface area contributed by atoms with Gasteiger partial charge in [-0.2, -0.15) is 9.50 Å². The molecule has 298 valence electrons. The molecule has 57 heavy (non-hydrogen) atoms. The highest BCUT2D eigenvalue weighted by Gasteiger charge is 2.49. The Hall–Kier alpha value is -5.32. The number of anilines is 1. The van der Waals surface area contributed by atoms with Gasteiger partial charge >= 0.3 is 0 Å². The van der Waals surface area contributed by atoms with Crippen LogP contribution in [0.2, 0.25) is 5.02 Å². The third-order valence-electron chi connectivity index (χ3n) is 11.6. The highest BCUT2D eigenvalue weighted by molar-refractivity contribution is 6.33. The lowest BCUT2D eigenvalue weighted by molar-refractivity contribution is -0.116. The quantitative estimate of drug-likeness (QED) is 0.219. The Morgan fingerprint density at radius 3 is 2.54 bits per heavy atom. The second kappa shape index (κ2) is 15.2. The van der Waals surface area contributed by atoms with Crippen molar-refractivity contribution in [2.24, 2.45) is 0 Å². The van der Waals surface area contributed by atoms with Gasteiger partial charge in [-0.3, -0.25) is 19.3 Å². The number of nitrogens with one attached hydrogen (secondary N) is 1. The lowest BCUT2D eigenvalue weighted by atomic mass is 9.73. The fraction of sp³-hybridized carbons (Fsp3) is 0.425. The Kier molecular flexibility index (Phi) is 10.3. The van der Waals surface area contributed by atoms with Crippen molar-refractivity contribution in [2.75, 3.05) is 44.7 Å². The highest BCUT2D eigenvalue weighted by Crippen LogP contribution is 2.50. The van der Waals surface area contributed by atoms with E-state index in [9.17, 15) is 19.5 Å². The number of likely N-dealkylation sites (tertiary alicyclic amines) is 1. The number of benzene rings is 2. The molecule has 0 bridgehead atoms. The molecule has 5 heterocycles. The van der Waals surface area contributed by atoms with E-state index in [1.165, 1.54) is 18.5 Å². The third kappa shape index (κ3) is 6.93. The number of hydrogen-bond acceptors (Lipinski definition) is 10. The summed E-state index contributed by atoms with van der Waals surface area (Å²) in [5.41, 5.74) is 1.40. The van der Waals surface area contributed by atoms with Crippen LogP contribution >= 0.6 is 11.6 Å². The van der Waals surface area contributed by atoms with Crippen LogP contribution in [0.25, 0.3) is 17.2 Å². The van der Waals surface area contributed by atoms with E-state index in [0.29, 0.717) is 67.5 Å². The lowest BCUT2D eigenvalue weighted by Gasteiger charge is -2.39. The topological polar surface area (TPSA) is 160 Å². The predicted molar refractivity (Wildman–Crippen MR) is 206 cm³/mol. The lowest BCUT2D eigenvalue weighted by Crippen LogP contribution is -2.46. The first-order valence-corrected chi connectivity index (χ1v) is 19.5. The van der Waals surface area contributed by atoms with Gasteiger partial charge in [-0.15, -0.1) is 5.10 Å². The second-order valence-corrected chi connectivity index (χ2v) is 15.5. The number of carbonyl (C=O) groups excluding carboxylic acids is 2. The zero-order valence-electron chi connectivity index (χ0n) is 31.8. The molecule has 2 fully saturated rings. The van der Waals surface area contributed by atoms with E-state index in [1.807, 2.05) is 24.8 Å². The zero-order valence-corrected chi connectivity index (χ0v) is 32.6. The summed E-state index contributed by atoms with van der Waals surface area (Å²) in [6.45, 7) is 8.20. The number of aryl methyl sites for hydroxylation is 2. The van der Waals surface area contributed by atoms with Gasteiger partial charge in [0.2, 0.25) is 11.7 Å². The average molecular weight is 802 g/mol. The van der Waals surface area contributed by atoms with Crippen molar-refractivity contribution >= 4 is 34.9 Å². The number of piperidine rings is 1. The number of hydrogen-bond donors (Lipinski definition) is 2. The molecule has 2 aromatic carbocycles. The Labute approximate surface area is 331 Å². The minimum atomic E-state index is -1.14. The number of morpholine rings is 1. The van der Waals surface area contributed by atoms with Gasteiger partial charge in [-0.25, -0.2) is 18.7 Å². The number of nitrogens with zero attached hydrogens (tertiary/aromatic N) is 8. The molecule has 8 rings (SSSR count). The molecule has 1 aliphatic carbocycles. The molecule has 1 atom stereocenters. The first-order valence-electron chi connectivity index (χ1n) is 19.1. The molecule has 2 N–H and O–H groups in total. The van der Waals surface area contributed by atoms with Crippen molar-refractivity contribution in [1.29, 1.82) is 0 Å². The average Bonchev–Trinajstić information content (AvgIpc) is 3.77. The standard InChI is InChI=1S/C40H42ClF2N9O5/c1-4-24-5-8-28(27(41)17-24)46-29(53)20-51-34-22(2)18-40(9-11-50(12-10-40)38(56)33-35(54)23(3)44-21-45-33)30(34)37(55)52-39(51)47-36(48-52)26-7-6-25(31(42)32(26)43)19-49-13-15-57-16-14-49/h5-8,17,21-22,54H,4,9-16,18-20H2,1-3H3,(H,46,53). The van der Waals surface area contributed by atoms with E-state index in [1.54, 1.807) is 28.5 Å². The number of fused-ring (bicyclic) bond motifs is 3. The molecular formula is C40H42ClF2N9O5. The summed E-state index contributed by atoms with van der Waals surface area (Å²) < 4.78 is 39.6. The first kappa shape index (κ1) is 38.5. The van der Waals surface area contributed by atoms with Gasteiger partial charge in [0.05, 0.1) is 35.2 Å². The van der Waals surface area contributed by atoms with E-state index in [2.05, 4.69) is 25.4 Å². The number of aromatic nitrogens is 6. The van der Waals surface area contributed by atoms with Gasteiger partial charge in [0.1, 0.15) is 12.9 Å². The minimum Gasteiger partial charge on any atom is -0.504 e. The maximum Gasteiger partial charge on any atom is 0.279 e. The van der Waals surface area contributed by atoms with Crippen LogP contribution in [0.4, 0.5) is 14.5 Å². The van der Waals surface area contributed by atoms with E-state index in [0.717, 1.165) is 16.5 Å². The summed E-state index contributed by atoms with van der Waals surface area (Å²) in [7, 11) is 0. The second-order valence-electron chi connectivity index (χ2n) is 15.1. The molecule has 17 heteroatoms.